The lowest BCUT2D eigenvalue weighted by Gasteiger charge is -2.12. The van der Waals surface area contributed by atoms with E-state index in [0.29, 0.717) is 17.5 Å². The topological polar surface area (TPSA) is 64.2 Å². The molecule has 0 fully saturated rings. The number of nitrogens with zero attached hydrogens (tertiary/aromatic N) is 1. The van der Waals surface area contributed by atoms with E-state index in [2.05, 4.69) is 5.32 Å². The third-order valence-electron chi connectivity index (χ3n) is 4.37. The molecular formula is C20H18ClFN2O3S. The van der Waals surface area contributed by atoms with Crippen LogP contribution in [0.5, 0.6) is 0 Å². The highest BCUT2D eigenvalue weighted by Crippen LogP contribution is 2.32. The van der Waals surface area contributed by atoms with Crippen molar-refractivity contribution in [3.63, 3.8) is 0 Å². The summed E-state index contributed by atoms with van der Waals surface area (Å²) < 4.78 is 47.8. The minimum atomic E-state index is -3.97. The number of hydrogen-bond acceptors (Lipinski definition) is 4. The van der Waals surface area contributed by atoms with Gasteiger partial charge in [0.2, 0.25) is 0 Å². The van der Waals surface area contributed by atoms with Gasteiger partial charge in [-0.2, -0.15) is 0 Å². The number of hydrogen-bond donors (Lipinski definition) is 1. The lowest BCUT2D eigenvalue weighted by molar-refractivity contribution is 0.587. The van der Waals surface area contributed by atoms with Gasteiger partial charge in [0.1, 0.15) is 11.4 Å². The van der Waals surface area contributed by atoms with Crippen molar-refractivity contribution in [3.8, 4) is 11.3 Å². The summed E-state index contributed by atoms with van der Waals surface area (Å²) in [7, 11) is -2.20. The summed E-state index contributed by atoms with van der Waals surface area (Å²) in [4.78, 5) is 0.109. The zero-order valence-electron chi connectivity index (χ0n) is 14.9. The Bertz CT molecular complexity index is 1230. The molecule has 0 saturated heterocycles. The maximum atomic E-state index is 14.4. The Balaban J connectivity index is 0.00000225. The molecular weight excluding hydrogens is 403 g/mol. The lowest BCUT2D eigenvalue weighted by atomic mass is 10.1. The summed E-state index contributed by atoms with van der Waals surface area (Å²) in [6, 6.07) is 14.3. The number of fused-ring (bicyclic) bond motifs is 1. The van der Waals surface area contributed by atoms with E-state index in [4.69, 9.17) is 4.42 Å². The molecule has 0 aliphatic carbocycles. The molecule has 4 rings (SSSR count). The smallest absolute Gasteiger partial charge is 0.268 e. The molecule has 1 N–H and O–H groups in total. The Labute approximate surface area is 168 Å². The molecule has 2 aromatic carbocycles. The van der Waals surface area contributed by atoms with Crippen LogP contribution in [0, 0.1) is 5.82 Å². The van der Waals surface area contributed by atoms with Gasteiger partial charge in [-0.25, -0.2) is 16.8 Å². The highest BCUT2D eigenvalue weighted by molar-refractivity contribution is 7.90. The summed E-state index contributed by atoms with van der Waals surface area (Å²) in [6.45, 7) is 0.458. The van der Waals surface area contributed by atoms with Gasteiger partial charge in [0.05, 0.1) is 16.9 Å². The van der Waals surface area contributed by atoms with Gasteiger partial charge in [-0.05, 0) is 49.0 Å². The molecule has 0 amide bonds. The van der Waals surface area contributed by atoms with Gasteiger partial charge in [-0.3, -0.25) is 0 Å². The number of rotatable bonds is 5. The van der Waals surface area contributed by atoms with Crippen molar-refractivity contribution in [3.05, 3.63) is 78.4 Å². The molecule has 4 aromatic rings. The van der Waals surface area contributed by atoms with Crippen molar-refractivity contribution in [2.45, 2.75) is 11.4 Å². The lowest BCUT2D eigenvalue weighted by Crippen LogP contribution is -2.14. The molecule has 0 aliphatic rings. The standard InChI is InChI=1S/C20H17FN2O3S.ClH/c1-22-12-14-11-18(15-5-2-3-6-17(15)21)23(13-14)27(24,25)20-8-4-7-19-16(20)9-10-26-19;/h2-11,13,22H,12H2,1H3;1H. The molecule has 2 aromatic heterocycles. The van der Waals surface area contributed by atoms with E-state index in [9.17, 15) is 12.8 Å². The number of nitrogens with one attached hydrogen (secondary N) is 1. The van der Waals surface area contributed by atoms with E-state index in [-0.39, 0.29) is 28.6 Å². The highest BCUT2D eigenvalue weighted by atomic mass is 35.5. The summed E-state index contributed by atoms with van der Waals surface area (Å²) in [5.41, 5.74) is 1.71. The van der Waals surface area contributed by atoms with Gasteiger partial charge in [0.25, 0.3) is 10.0 Å². The van der Waals surface area contributed by atoms with E-state index in [1.807, 2.05) is 0 Å². The van der Waals surface area contributed by atoms with Crippen LogP contribution in [0.2, 0.25) is 0 Å². The molecule has 8 heteroatoms. The van der Waals surface area contributed by atoms with Crippen LogP contribution >= 0.6 is 12.4 Å². The zero-order chi connectivity index (χ0) is 19.0. The Hall–Kier alpha value is -2.61. The normalized spacial score (nSPS) is 11.5. The second-order valence-corrected chi connectivity index (χ2v) is 7.92. The zero-order valence-corrected chi connectivity index (χ0v) is 16.6. The van der Waals surface area contributed by atoms with Crippen LogP contribution in [0.4, 0.5) is 4.39 Å². The van der Waals surface area contributed by atoms with Gasteiger partial charge >= 0.3 is 0 Å². The quantitative estimate of drug-likeness (QED) is 0.519. The third-order valence-corrected chi connectivity index (χ3v) is 6.10. The van der Waals surface area contributed by atoms with E-state index >= 15 is 0 Å². The van der Waals surface area contributed by atoms with Crippen LogP contribution in [0.25, 0.3) is 22.2 Å². The van der Waals surface area contributed by atoms with Crippen molar-refractivity contribution >= 4 is 33.4 Å². The second-order valence-electron chi connectivity index (χ2n) is 6.13. The van der Waals surface area contributed by atoms with Crippen LogP contribution in [-0.2, 0) is 16.6 Å². The molecule has 146 valence electrons. The molecule has 5 nitrogen and oxygen atoms in total. The van der Waals surface area contributed by atoms with Gasteiger partial charge in [-0.1, -0.05) is 18.2 Å². The fraction of sp³-hybridized carbons (Fsp3) is 0.100. The maximum Gasteiger partial charge on any atom is 0.268 e. The fourth-order valence-corrected chi connectivity index (χ4v) is 4.75. The molecule has 0 aliphatic heterocycles. The van der Waals surface area contributed by atoms with Crippen LogP contribution in [-0.4, -0.2) is 19.4 Å². The second kappa shape index (κ2) is 7.79. The van der Waals surface area contributed by atoms with E-state index in [1.165, 1.54) is 24.6 Å². The van der Waals surface area contributed by atoms with Crippen molar-refractivity contribution in [2.24, 2.45) is 0 Å². The predicted octanol–water partition coefficient (Wildman–Crippen LogP) is 4.42. The number of aromatic nitrogens is 1. The number of benzene rings is 2. The first-order valence-corrected chi connectivity index (χ1v) is 9.79. The van der Waals surface area contributed by atoms with Crippen LogP contribution in [0.3, 0.4) is 0 Å². The highest BCUT2D eigenvalue weighted by Gasteiger charge is 2.25. The first-order chi connectivity index (χ1) is 13.0. The van der Waals surface area contributed by atoms with Crippen molar-refractivity contribution in [1.82, 2.24) is 9.29 Å². The number of halogens is 2. The van der Waals surface area contributed by atoms with Crippen LogP contribution < -0.4 is 5.32 Å². The van der Waals surface area contributed by atoms with Crippen molar-refractivity contribution < 1.29 is 17.2 Å². The first-order valence-electron chi connectivity index (χ1n) is 8.35. The van der Waals surface area contributed by atoms with Crippen molar-refractivity contribution in [2.75, 3.05) is 7.05 Å². The van der Waals surface area contributed by atoms with E-state index < -0.39 is 15.8 Å². The van der Waals surface area contributed by atoms with Crippen LogP contribution in [0.1, 0.15) is 5.56 Å². The van der Waals surface area contributed by atoms with Gasteiger partial charge in [-0.15, -0.1) is 12.4 Å². The predicted molar refractivity (Wildman–Crippen MR) is 109 cm³/mol. The molecule has 0 saturated carbocycles. The molecule has 0 spiro atoms. The monoisotopic (exact) mass is 420 g/mol. The molecule has 2 heterocycles. The Morgan fingerprint density at radius 2 is 1.89 bits per heavy atom. The van der Waals surface area contributed by atoms with Gasteiger partial charge in [0, 0.05) is 23.7 Å². The molecule has 0 bridgehead atoms. The first kappa shape index (κ1) is 20.1. The Morgan fingerprint density at radius 1 is 1.11 bits per heavy atom. The summed E-state index contributed by atoms with van der Waals surface area (Å²) in [5, 5.41) is 3.48. The van der Waals surface area contributed by atoms with Gasteiger partial charge in [0.15, 0.2) is 0 Å². The largest absolute Gasteiger partial charge is 0.464 e. The average molecular weight is 421 g/mol. The molecule has 0 unspecified atom stereocenters. The third kappa shape index (κ3) is 3.32. The summed E-state index contributed by atoms with van der Waals surface area (Å²) in [6.07, 6.45) is 2.97. The molecule has 0 radical (unpaired) electrons. The Kier molecular flexibility index (Phi) is 5.60. The maximum absolute atomic E-state index is 14.4. The van der Waals surface area contributed by atoms with Crippen molar-refractivity contribution in [1.29, 1.82) is 0 Å². The average Bonchev–Trinajstić information content (AvgIpc) is 3.29. The van der Waals surface area contributed by atoms with Crippen LogP contribution in [0.15, 0.2) is 76.4 Å². The summed E-state index contributed by atoms with van der Waals surface area (Å²) in [5.74, 6) is -0.482. The minimum Gasteiger partial charge on any atom is -0.464 e. The SMILES string of the molecule is CNCc1cc(-c2ccccc2F)n(S(=O)(=O)c2cccc3occc23)c1.Cl. The Morgan fingerprint density at radius 3 is 2.64 bits per heavy atom. The molecule has 0 atom stereocenters. The minimum absolute atomic E-state index is 0. The van der Waals surface area contributed by atoms with E-state index in [0.717, 1.165) is 9.54 Å². The van der Waals surface area contributed by atoms with Gasteiger partial charge < -0.3 is 9.73 Å². The molecule has 28 heavy (non-hydrogen) atoms. The number of furan rings is 1. The van der Waals surface area contributed by atoms with E-state index in [1.54, 1.807) is 49.5 Å². The fourth-order valence-electron chi connectivity index (χ4n) is 3.16. The summed E-state index contributed by atoms with van der Waals surface area (Å²) >= 11 is 0.